The zero-order valence-corrected chi connectivity index (χ0v) is 15.8. The van der Waals surface area contributed by atoms with Crippen molar-refractivity contribution in [2.75, 3.05) is 0 Å². The number of rotatable bonds is 3. The van der Waals surface area contributed by atoms with Crippen LogP contribution in [0.2, 0.25) is 0 Å². The first-order chi connectivity index (χ1) is 12.5. The second-order valence-electron chi connectivity index (χ2n) is 7.06. The number of fused-ring (bicyclic) bond motifs is 1. The fourth-order valence-corrected chi connectivity index (χ4v) is 2.31. The van der Waals surface area contributed by atoms with Gasteiger partial charge >= 0.3 is 12.0 Å². The molecule has 1 aromatic carbocycles. The van der Waals surface area contributed by atoms with Gasteiger partial charge in [0.05, 0.1) is 5.39 Å². The lowest BCUT2D eigenvalue weighted by Crippen LogP contribution is -2.50. The molecule has 27 heavy (non-hydrogen) atoms. The fraction of sp³-hybridized carbons (Fsp3) is 0.389. The monoisotopic (exact) mass is 374 g/mol. The third kappa shape index (κ3) is 4.90. The summed E-state index contributed by atoms with van der Waals surface area (Å²) in [5, 5.41) is 9.25. The van der Waals surface area contributed by atoms with Crippen LogP contribution in [0.15, 0.2) is 29.1 Å². The molecule has 1 atom stereocenters. The molecule has 0 unspecified atom stereocenters. The minimum atomic E-state index is -1.24. The molecule has 0 aliphatic carbocycles. The van der Waals surface area contributed by atoms with Crippen molar-refractivity contribution in [2.45, 2.75) is 39.3 Å². The number of carbonyl (C=O) groups excluding carboxylic acids is 3. The third-order valence-electron chi connectivity index (χ3n) is 3.53. The second kappa shape index (κ2) is 7.56. The molecule has 0 saturated heterocycles. The van der Waals surface area contributed by atoms with Crippen molar-refractivity contribution in [3.05, 3.63) is 40.3 Å². The summed E-state index contributed by atoms with van der Waals surface area (Å²) in [7, 11) is 1.42. The van der Waals surface area contributed by atoms with Crippen LogP contribution in [-0.2, 0) is 16.6 Å². The maximum Gasteiger partial charge on any atom is 0.360 e. The van der Waals surface area contributed by atoms with Gasteiger partial charge in [-0.15, -0.1) is 0 Å². The lowest BCUT2D eigenvalue weighted by molar-refractivity contribution is -0.127. The van der Waals surface area contributed by atoms with E-state index in [1.165, 1.54) is 14.0 Å². The summed E-state index contributed by atoms with van der Waals surface area (Å²) in [6.45, 7) is 6.62. The van der Waals surface area contributed by atoms with E-state index in [0.717, 1.165) is 4.68 Å². The molecule has 1 aromatic heterocycles. The SMILES string of the molecule is C[C@@H](OC(=O)c1nn(C)c(=O)c2ccccc12)C(=O)NC(=O)NC(C)(C)C. The van der Waals surface area contributed by atoms with Crippen molar-refractivity contribution >= 4 is 28.7 Å². The van der Waals surface area contributed by atoms with Crippen molar-refractivity contribution in [1.82, 2.24) is 20.4 Å². The summed E-state index contributed by atoms with van der Waals surface area (Å²) in [4.78, 5) is 48.4. The second-order valence-corrected chi connectivity index (χ2v) is 7.06. The van der Waals surface area contributed by atoms with Crippen molar-refractivity contribution in [2.24, 2.45) is 7.05 Å². The molecule has 0 saturated carbocycles. The number of hydrogen-bond donors (Lipinski definition) is 2. The van der Waals surface area contributed by atoms with Gasteiger partial charge in [0.2, 0.25) is 0 Å². The lowest BCUT2D eigenvalue weighted by Gasteiger charge is -2.21. The molecule has 9 nitrogen and oxygen atoms in total. The van der Waals surface area contributed by atoms with Crippen LogP contribution in [-0.4, -0.2) is 39.3 Å². The predicted molar refractivity (Wildman–Crippen MR) is 98.3 cm³/mol. The highest BCUT2D eigenvalue weighted by Crippen LogP contribution is 2.14. The Bertz CT molecular complexity index is 958. The number of carbonyl (C=O) groups is 3. The number of esters is 1. The van der Waals surface area contributed by atoms with Crippen molar-refractivity contribution < 1.29 is 19.1 Å². The topological polar surface area (TPSA) is 119 Å². The third-order valence-corrected chi connectivity index (χ3v) is 3.53. The molecule has 0 aliphatic heterocycles. The summed E-state index contributed by atoms with van der Waals surface area (Å²) >= 11 is 0. The number of nitrogens with zero attached hydrogens (tertiary/aromatic N) is 2. The van der Waals surface area contributed by atoms with E-state index in [1.54, 1.807) is 45.0 Å². The van der Waals surface area contributed by atoms with Gasteiger partial charge in [-0.25, -0.2) is 14.3 Å². The number of ether oxygens (including phenoxy) is 1. The van der Waals surface area contributed by atoms with Gasteiger partial charge in [-0.3, -0.25) is 14.9 Å². The highest BCUT2D eigenvalue weighted by Gasteiger charge is 2.25. The van der Waals surface area contributed by atoms with Crippen LogP contribution in [0.3, 0.4) is 0 Å². The van der Waals surface area contributed by atoms with Gasteiger partial charge in [0.25, 0.3) is 11.5 Å². The molecule has 1 heterocycles. The summed E-state index contributed by atoms with van der Waals surface area (Å²) in [6.07, 6.45) is -1.24. The van der Waals surface area contributed by atoms with E-state index in [-0.39, 0.29) is 11.3 Å². The Kier molecular flexibility index (Phi) is 5.63. The number of amides is 3. The Morgan fingerprint density at radius 2 is 1.74 bits per heavy atom. The summed E-state index contributed by atoms with van der Waals surface area (Å²) in [5.74, 6) is -1.65. The molecule has 0 radical (unpaired) electrons. The Labute approximate surface area is 155 Å². The average Bonchev–Trinajstić information content (AvgIpc) is 2.56. The Morgan fingerprint density at radius 3 is 2.33 bits per heavy atom. The smallest absolute Gasteiger partial charge is 0.360 e. The normalized spacial score (nSPS) is 12.3. The van der Waals surface area contributed by atoms with Gasteiger partial charge < -0.3 is 10.1 Å². The summed E-state index contributed by atoms with van der Waals surface area (Å²) < 4.78 is 6.15. The molecule has 3 amide bonds. The first kappa shape index (κ1) is 20.1. The molecule has 9 heteroatoms. The summed E-state index contributed by atoms with van der Waals surface area (Å²) in [6, 6.07) is 5.78. The first-order valence-corrected chi connectivity index (χ1v) is 8.29. The van der Waals surface area contributed by atoms with Crippen molar-refractivity contribution in [3.63, 3.8) is 0 Å². The van der Waals surface area contributed by atoms with E-state index in [2.05, 4.69) is 15.7 Å². The zero-order chi connectivity index (χ0) is 20.4. The fourth-order valence-electron chi connectivity index (χ4n) is 2.31. The van der Waals surface area contributed by atoms with Gasteiger partial charge in [-0.1, -0.05) is 18.2 Å². The van der Waals surface area contributed by atoms with E-state index < -0.39 is 29.6 Å². The maximum absolute atomic E-state index is 12.5. The van der Waals surface area contributed by atoms with Crippen LogP contribution in [0.1, 0.15) is 38.2 Å². The molecule has 144 valence electrons. The standard InChI is InChI=1S/C18H22N4O5/c1-10(14(23)19-17(26)20-18(2,3)4)27-16(25)13-11-8-6-7-9-12(11)15(24)22(5)21-13/h6-10H,1-5H3,(H2,19,20,23,26)/t10-/m1/s1. The van der Waals surface area contributed by atoms with Crippen LogP contribution in [0.25, 0.3) is 10.8 Å². The predicted octanol–water partition coefficient (Wildman–Crippen LogP) is 1.10. The number of imide groups is 1. The molecular weight excluding hydrogens is 352 g/mol. The van der Waals surface area contributed by atoms with E-state index in [0.29, 0.717) is 10.8 Å². The van der Waals surface area contributed by atoms with Gasteiger partial charge in [-0.05, 0) is 33.8 Å². The van der Waals surface area contributed by atoms with Crippen molar-refractivity contribution in [3.8, 4) is 0 Å². The number of hydrogen-bond acceptors (Lipinski definition) is 6. The molecule has 0 bridgehead atoms. The van der Waals surface area contributed by atoms with Crippen LogP contribution in [0.4, 0.5) is 4.79 Å². The quantitative estimate of drug-likeness (QED) is 0.777. The molecule has 0 fully saturated rings. The number of aromatic nitrogens is 2. The van der Waals surface area contributed by atoms with Gasteiger partial charge in [0.1, 0.15) is 0 Å². The van der Waals surface area contributed by atoms with Crippen LogP contribution in [0.5, 0.6) is 0 Å². The van der Waals surface area contributed by atoms with Gasteiger partial charge in [-0.2, -0.15) is 5.10 Å². The zero-order valence-electron chi connectivity index (χ0n) is 15.8. The molecule has 2 N–H and O–H groups in total. The number of nitrogens with one attached hydrogen (secondary N) is 2. The molecule has 0 aliphatic rings. The number of aryl methyl sites for hydroxylation is 1. The minimum Gasteiger partial charge on any atom is -0.448 e. The molecule has 2 rings (SSSR count). The van der Waals surface area contributed by atoms with Gasteiger partial charge in [0.15, 0.2) is 11.8 Å². The highest BCUT2D eigenvalue weighted by atomic mass is 16.5. The molecule has 2 aromatic rings. The minimum absolute atomic E-state index is 0.0912. The number of benzene rings is 1. The Balaban J connectivity index is 2.17. The van der Waals surface area contributed by atoms with E-state index in [1.807, 2.05) is 0 Å². The van der Waals surface area contributed by atoms with Crippen LogP contribution in [0, 0.1) is 0 Å². The van der Waals surface area contributed by atoms with E-state index >= 15 is 0 Å². The highest BCUT2D eigenvalue weighted by molar-refractivity contribution is 6.03. The average molecular weight is 374 g/mol. The van der Waals surface area contributed by atoms with E-state index in [9.17, 15) is 19.2 Å². The Morgan fingerprint density at radius 1 is 1.15 bits per heavy atom. The largest absolute Gasteiger partial charge is 0.448 e. The first-order valence-electron chi connectivity index (χ1n) is 8.29. The van der Waals surface area contributed by atoms with Crippen LogP contribution >= 0.6 is 0 Å². The molecular formula is C18H22N4O5. The van der Waals surface area contributed by atoms with Gasteiger partial charge in [0, 0.05) is 18.0 Å². The van der Waals surface area contributed by atoms with Crippen molar-refractivity contribution in [1.29, 1.82) is 0 Å². The molecule has 0 spiro atoms. The van der Waals surface area contributed by atoms with Crippen LogP contribution < -0.4 is 16.2 Å². The lowest BCUT2D eigenvalue weighted by atomic mass is 10.1. The van der Waals surface area contributed by atoms with E-state index in [4.69, 9.17) is 4.74 Å². The Hall–Kier alpha value is -3.23. The number of urea groups is 1. The maximum atomic E-state index is 12.5. The summed E-state index contributed by atoms with van der Waals surface area (Å²) in [5.41, 5.74) is -0.972.